The molecule has 2 atom stereocenters. The van der Waals surface area contributed by atoms with Crippen LogP contribution in [0.25, 0.3) is 0 Å². The number of unbranched alkanes of at least 4 members (excludes halogenated alkanes) is 3. The van der Waals surface area contributed by atoms with Crippen molar-refractivity contribution in [2.75, 3.05) is 34.0 Å². The van der Waals surface area contributed by atoms with Crippen LogP contribution in [0.4, 0.5) is 0 Å². The van der Waals surface area contributed by atoms with Crippen molar-refractivity contribution in [3.05, 3.63) is 59.7 Å². The van der Waals surface area contributed by atoms with E-state index >= 15 is 0 Å². The molecular weight excluding hydrogens is 440 g/mol. The molecule has 0 saturated carbocycles. The van der Waals surface area contributed by atoms with Gasteiger partial charge in [-0.15, -0.1) is 0 Å². The largest absolute Gasteiger partial charge is 0.494 e. The molecule has 2 rings (SSSR count). The second kappa shape index (κ2) is 15.1. The van der Waals surface area contributed by atoms with Gasteiger partial charge in [-0.1, -0.05) is 26.2 Å². The first-order chi connectivity index (χ1) is 16.5. The topological polar surface area (TPSA) is 101 Å². The first kappa shape index (κ1) is 27.3. The van der Waals surface area contributed by atoms with Gasteiger partial charge in [0.05, 0.1) is 24.3 Å². The fourth-order valence-corrected chi connectivity index (χ4v) is 3.14. The highest BCUT2D eigenvalue weighted by molar-refractivity contribution is 5.92. The molecule has 1 N–H and O–H groups in total. The number of rotatable bonds is 15. The average Bonchev–Trinajstić information content (AvgIpc) is 2.87. The van der Waals surface area contributed by atoms with Crippen molar-refractivity contribution in [3.63, 3.8) is 0 Å². The SMILES string of the molecule is CCCCCCOc1ccc(C(=O)Oc2ccc(C(=O)OCC(OC)[C@@H](CO)OC)cc2)cc1. The van der Waals surface area contributed by atoms with Crippen LogP contribution in [0.15, 0.2) is 48.5 Å². The van der Waals surface area contributed by atoms with Crippen LogP contribution in [-0.2, 0) is 14.2 Å². The van der Waals surface area contributed by atoms with Gasteiger partial charge in [-0.05, 0) is 55.0 Å². The molecule has 0 bridgehead atoms. The normalized spacial score (nSPS) is 12.6. The maximum absolute atomic E-state index is 12.4. The summed E-state index contributed by atoms with van der Waals surface area (Å²) in [5, 5.41) is 9.28. The van der Waals surface area contributed by atoms with Crippen LogP contribution >= 0.6 is 0 Å². The van der Waals surface area contributed by atoms with Crippen molar-refractivity contribution in [1.82, 2.24) is 0 Å². The molecule has 0 fully saturated rings. The van der Waals surface area contributed by atoms with E-state index in [2.05, 4.69) is 6.92 Å². The van der Waals surface area contributed by atoms with Gasteiger partial charge in [0, 0.05) is 14.2 Å². The number of hydrogen-bond acceptors (Lipinski definition) is 8. The summed E-state index contributed by atoms with van der Waals surface area (Å²) in [6, 6.07) is 12.8. The maximum Gasteiger partial charge on any atom is 0.343 e. The summed E-state index contributed by atoms with van der Waals surface area (Å²) in [7, 11) is 2.88. The quantitative estimate of drug-likeness (QED) is 0.234. The molecule has 0 aliphatic rings. The van der Waals surface area contributed by atoms with Crippen LogP contribution in [0.5, 0.6) is 11.5 Å². The Labute approximate surface area is 200 Å². The summed E-state index contributed by atoms with van der Waals surface area (Å²) in [5.41, 5.74) is 0.678. The van der Waals surface area contributed by atoms with E-state index in [9.17, 15) is 14.7 Å². The lowest BCUT2D eigenvalue weighted by Gasteiger charge is -2.22. The Morgan fingerprint density at radius 1 is 0.794 bits per heavy atom. The molecule has 0 heterocycles. The van der Waals surface area contributed by atoms with Crippen LogP contribution in [0.3, 0.4) is 0 Å². The van der Waals surface area contributed by atoms with Crippen LogP contribution in [0.1, 0.15) is 53.3 Å². The van der Waals surface area contributed by atoms with E-state index in [0.29, 0.717) is 23.7 Å². The molecule has 0 aliphatic heterocycles. The average molecular weight is 475 g/mol. The third kappa shape index (κ3) is 8.78. The summed E-state index contributed by atoms with van der Waals surface area (Å²) in [5.74, 6) is -0.0740. The molecule has 2 aromatic carbocycles. The Kier molecular flexibility index (Phi) is 12.1. The molecule has 0 aromatic heterocycles. The smallest absolute Gasteiger partial charge is 0.343 e. The van der Waals surface area contributed by atoms with E-state index in [1.807, 2.05) is 0 Å². The second-order valence-corrected chi connectivity index (χ2v) is 7.68. The van der Waals surface area contributed by atoms with Gasteiger partial charge >= 0.3 is 11.9 Å². The number of ether oxygens (including phenoxy) is 5. The fourth-order valence-electron chi connectivity index (χ4n) is 3.14. The van der Waals surface area contributed by atoms with Crippen molar-refractivity contribution in [1.29, 1.82) is 0 Å². The molecule has 186 valence electrons. The number of aliphatic hydroxyl groups excluding tert-OH is 1. The van der Waals surface area contributed by atoms with Gasteiger partial charge in [-0.2, -0.15) is 0 Å². The third-order valence-corrected chi connectivity index (χ3v) is 5.24. The number of esters is 2. The zero-order valence-corrected chi connectivity index (χ0v) is 20.0. The van der Waals surface area contributed by atoms with Gasteiger partial charge in [0.2, 0.25) is 0 Å². The van der Waals surface area contributed by atoms with Gasteiger partial charge in [-0.3, -0.25) is 0 Å². The van der Waals surface area contributed by atoms with Crippen LogP contribution in [0, 0.1) is 0 Å². The molecule has 0 spiro atoms. The molecule has 2 aromatic rings. The number of benzene rings is 2. The molecule has 0 saturated heterocycles. The molecule has 1 unspecified atom stereocenters. The van der Waals surface area contributed by atoms with Crippen molar-refractivity contribution in [2.45, 2.75) is 44.8 Å². The first-order valence-electron chi connectivity index (χ1n) is 11.4. The molecule has 0 aliphatic carbocycles. The molecule has 0 amide bonds. The third-order valence-electron chi connectivity index (χ3n) is 5.24. The lowest BCUT2D eigenvalue weighted by atomic mass is 10.2. The summed E-state index contributed by atoms with van der Waals surface area (Å²) < 4.78 is 26.6. The van der Waals surface area contributed by atoms with Crippen LogP contribution in [0.2, 0.25) is 0 Å². The van der Waals surface area contributed by atoms with Crippen molar-refractivity contribution in [2.24, 2.45) is 0 Å². The first-order valence-corrected chi connectivity index (χ1v) is 11.4. The lowest BCUT2D eigenvalue weighted by Crippen LogP contribution is -2.37. The number of methoxy groups -OCH3 is 2. The molecule has 8 nitrogen and oxygen atoms in total. The van der Waals surface area contributed by atoms with Gasteiger partial charge in [0.25, 0.3) is 0 Å². The summed E-state index contributed by atoms with van der Waals surface area (Å²) in [6.07, 6.45) is 3.32. The molecular formula is C26H34O8. The minimum atomic E-state index is -0.606. The molecule has 0 radical (unpaired) electrons. The minimum absolute atomic E-state index is 0.0798. The highest BCUT2D eigenvalue weighted by Gasteiger charge is 2.22. The zero-order chi connectivity index (χ0) is 24.8. The predicted molar refractivity (Wildman–Crippen MR) is 126 cm³/mol. The number of carbonyl (C=O) groups is 2. The Morgan fingerprint density at radius 3 is 1.94 bits per heavy atom. The van der Waals surface area contributed by atoms with E-state index in [4.69, 9.17) is 23.7 Å². The Hall–Kier alpha value is -2.94. The predicted octanol–water partition coefficient (Wildman–Crippen LogP) is 4.04. The number of carbonyl (C=O) groups excluding carboxylic acids is 2. The lowest BCUT2D eigenvalue weighted by molar-refractivity contribution is -0.0828. The fraction of sp³-hybridized carbons (Fsp3) is 0.462. The summed E-state index contributed by atoms with van der Waals surface area (Å²) >= 11 is 0. The molecule has 34 heavy (non-hydrogen) atoms. The summed E-state index contributed by atoms with van der Waals surface area (Å²) in [6.45, 7) is 2.47. The Balaban J connectivity index is 1.84. The van der Waals surface area contributed by atoms with Crippen LogP contribution < -0.4 is 9.47 Å². The van der Waals surface area contributed by atoms with E-state index in [1.54, 1.807) is 24.3 Å². The standard InChI is InChI=1S/C26H34O8/c1-4-5-6-7-16-32-21-12-8-20(9-13-21)26(29)34-22-14-10-19(11-15-22)25(28)33-18-24(31-3)23(17-27)30-2/h8-15,23-24,27H,4-7,16-18H2,1-3H3/t23-,24?/m1/s1. The number of hydrogen-bond donors (Lipinski definition) is 1. The monoisotopic (exact) mass is 474 g/mol. The second-order valence-electron chi connectivity index (χ2n) is 7.68. The molecule has 8 heteroatoms. The Morgan fingerprint density at radius 2 is 1.38 bits per heavy atom. The Bertz CT molecular complexity index is 859. The zero-order valence-electron chi connectivity index (χ0n) is 20.0. The van der Waals surface area contributed by atoms with Gasteiger partial charge < -0.3 is 28.8 Å². The summed E-state index contributed by atoms with van der Waals surface area (Å²) in [4.78, 5) is 24.7. The van der Waals surface area contributed by atoms with E-state index in [-0.39, 0.29) is 18.8 Å². The van der Waals surface area contributed by atoms with E-state index in [0.717, 1.165) is 12.8 Å². The van der Waals surface area contributed by atoms with Gasteiger partial charge in [0.1, 0.15) is 30.3 Å². The van der Waals surface area contributed by atoms with Crippen molar-refractivity contribution < 1.29 is 38.4 Å². The maximum atomic E-state index is 12.4. The highest BCUT2D eigenvalue weighted by Crippen LogP contribution is 2.18. The minimum Gasteiger partial charge on any atom is -0.494 e. The number of aliphatic hydroxyl groups is 1. The van der Waals surface area contributed by atoms with Crippen molar-refractivity contribution >= 4 is 11.9 Å². The van der Waals surface area contributed by atoms with Gasteiger partial charge in [-0.25, -0.2) is 9.59 Å². The van der Waals surface area contributed by atoms with E-state index < -0.39 is 24.1 Å². The highest BCUT2D eigenvalue weighted by atomic mass is 16.6. The van der Waals surface area contributed by atoms with Gasteiger partial charge in [0.15, 0.2) is 0 Å². The van der Waals surface area contributed by atoms with Crippen molar-refractivity contribution in [3.8, 4) is 11.5 Å². The van der Waals surface area contributed by atoms with E-state index in [1.165, 1.54) is 51.3 Å². The van der Waals surface area contributed by atoms with Crippen LogP contribution in [-0.4, -0.2) is 63.3 Å².